The van der Waals surface area contributed by atoms with Gasteiger partial charge in [-0.2, -0.15) is 0 Å². The summed E-state index contributed by atoms with van der Waals surface area (Å²) in [5.74, 6) is 0.395. The van der Waals surface area contributed by atoms with Crippen LogP contribution in [-0.4, -0.2) is 20.4 Å². The van der Waals surface area contributed by atoms with Gasteiger partial charge >= 0.3 is 0 Å². The zero-order valence-corrected chi connectivity index (χ0v) is 18.1. The molecule has 4 aromatic heterocycles. The van der Waals surface area contributed by atoms with Crippen molar-refractivity contribution in [3.63, 3.8) is 0 Å². The van der Waals surface area contributed by atoms with Gasteiger partial charge in [-0.1, -0.05) is 13.0 Å². The Kier molecular flexibility index (Phi) is 4.81. The van der Waals surface area contributed by atoms with Crippen LogP contribution in [0.15, 0.2) is 34.0 Å². The summed E-state index contributed by atoms with van der Waals surface area (Å²) in [5, 5.41) is 7.99. The molecule has 0 saturated carbocycles. The van der Waals surface area contributed by atoms with Crippen LogP contribution in [0.2, 0.25) is 0 Å². The van der Waals surface area contributed by atoms with E-state index in [1.807, 2.05) is 22.9 Å². The van der Waals surface area contributed by atoms with Gasteiger partial charge < -0.3 is 5.32 Å². The van der Waals surface area contributed by atoms with Crippen LogP contribution in [0.3, 0.4) is 0 Å². The van der Waals surface area contributed by atoms with Crippen molar-refractivity contribution in [3.8, 4) is 10.4 Å². The van der Waals surface area contributed by atoms with Crippen LogP contribution in [0.4, 0.5) is 5.13 Å². The van der Waals surface area contributed by atoms with Crippen LogP contribution in [-0.2, 0) is 24.2 Å². The van der Waals surface area contributed by atoms with Gasteiger partial charge in [-0.3, -0.25) is 14.2 Å². The number of hydrogen-bond acceptors (Lipinski definition) is 7. The van der Waals surface area contributed by atoms with Gasteiger partial charge in [-0.25, -0.2) is 9.97 Å². The van der Waals surface area contributed by atoms with Crippen molar-refractivity contribution in [3.05, 3.63) is 50.1 Å². The van der Waals surface area contributed by atoms with Crippen LogP contribution in [0.1, 0.15) is 23.9 Å². The van der Waals surface area contributed by atoms with Crippen molar-refractivity contribution in [2.75, 3.05) is 5.32 Å². The lowest BCUT2D eigenvalue weighted by Crippen LogP contribution is -2.27. The first kappa shape index (κ1) is 18.7. The van der Waals surface area contributed by atoms with Gasteiger partial charge in [0.15, 0.2) is 5.13 Å². The second kappa shape index (κ2) is 7.47. The number of aromatic nitrogens is 3. The molecule has 9 heteroatoms. The smallest absolute Gasteiger partial charge is 0.263 e. The van der Waals surface area contributed by atoms with E-state index >= 15 is 0 Å². The third-order valence-electron chi connectivity index (χ3n) is 5.09. The van der Waals surface area contributed by atoms with Gasteiger partial charge in [-0.05, 0) is 36.6 Å². The Hall–Kier alpha value is -2.36. The molecule has 29 heavy (non-hydrogen) atoms. The molecule has 1 amide bonds. The average molecular weight is 443 g/mol. The number of fused-ring (bicyclic) bond motifs is 2. The Balaban J connectivity index is 1.39. The predicted octanol–water partition coefficient (Wildman–Crippen LogP) is 4.41. The largest absolute Gasteiger partial charge is 0.300 e. The predicted molar refractivity (Wildman–Crippen MR) is 119 cm³/mol. The molecular weight excluding hydrogens is 424 g/mol. The van der Waals surface area contributed by atoms with Crippen molar-refractivity contribution in [1.29, 1.82) is 0 Å². The van der Waals surface area contributed by atoms with Crippen LogP contribution >= 0.6 is 34.0 Å². The van der Waals surface area contributed by atoms with Crippen molar-refractivity contribution in [2.24, 2.45) is 5.92 Å². The second-order valence-electron chi connectivity index (χ2n) is 7.27. The minimum absolute atomic E-state index is 0.0812. The number of amides is 1. The van der Waals surface area contributed by atoms with Gasteiger partial charge in [0.2, 0.25) is 5.91 Å². The fraction of sp³-hybridized carbons (Fsp3) is 0.300. The van der Waals surface area contributed by atoms with Gasteiger partial charge in [0, 0.05) is 20.7 Å². The minimum atomic E-state index is -0.264. The van der Waals surface area contributed by atoms with E-state index in [0.29, 0.717) is 21.3 Å². The molecule has 1 unspecified atom stereocenters. The van der Waals surface area contributed by atoms with Crippen molar-refractivity contribution >= 4 is 55.3 Å². The lowest BCUT2D eigenvalue weighted by molar-refractivity contribution is -0.116. The number of anilines is 1. The van der Waals surface area contributed by atoms with E-state index in [1.165, 1.54) is 27.1 Å². The molecular formula is C20H18N4O2S3. The standard InChI is InChI=1S/C20H18N4O2S3/c1-11-4-5-13-15(7-11)29-20(22-13)23-16(25)8-24-10-21-18-17(19(24)26)12(9-28-18)14-3-2-6-27-14/h2-3,6,9-11H,4-5,7-8H2,1H3,(H,22,23,25). The lowest BCUT2D eigenvalue weighted by atomic mass is 9.93. The summed E-state index contributed by atoms with van der Waals surface area (Å²) in [6.45, 7) is 2.16. The highest BCUT2D eigenvalue weighted by Gasteiger charge is 2.21. The SMILES string of the molecule is CC1CCc2nc(NC(=O)Cn3cnc4scc(-c5cccs5)c4c3=O)sc2C1. The molecule has 148 valence electrons. The molecule has 1 atom stereocenters. The highest BCUT2D eigenvalue weighted by Crippen LogP contribution is 2.34. The van der Waals surface area contributed by atoms with Gasteiger partial charge in [0.1, 0.15) is 11.4 Å². The number of aryl methyl sites for hydroxylation is 1. The summed E-state index contributed by atoms with van der Waals surface area (Å²) in [4.78, 5) is 37.5. The monoisotopic (exact) mass is 442 g/mol. The highest BCUT2D eigenvalue weighted by molar-refractivity contribution is 7.18. The Labute approximate surface area is 178 Å². The quantitative estimate of drug-likeness (QED) is 0.508. The molecule has 0 radical (unpaired) electrons. The third kappa shape index (κ3) is 3.54. The Bertz CT molecular complexity index is 1250. The summed E-state index contributed by atoms with van der Waals surface area (Å²) in [5.41, 5.74) is 1.79. The number of rotatable bonds is 4. The maximum absolute atomic E-state index is 13.0. The number of carbonyl (C=O) groups excluding carboxylic acids is 1. The molecule has 1 N–H and O–H groups in total. The zero-order valence-electron chi connectivity index (χ0n) is 15.7. The molecule has 5 rings (SSSR count). The van der Waals surface area contributed by atoms with E-state index in [2.05, 4.69) is 22.2 Å². The first-order valence-corrected chi connectivity index (χ1v) is 11.9. The maximum atomic E-state index is 13.0. The normalized spacial score (nSPS) is 16.1. The van der Waals surface area contributed by atoms with Crippen LogP contribution < -0.4 is 10.9 Å². The summed E-state index contributed by atoms with van der Waals surface area (Å²) in [6, 6.07) is 3.95. The van der Waals surface area contributed by atoms with Crippen molar-refractivity contribution in [2.45, 2.75) is 32.7 Å². The van der Waals surface area contributed by atoms with Crippen molar-refractivity contribution in [1.82, 2.24) is 14.5 Å². The molecule has 0 spiro atoms. The number of hydrogen-bond donors (Lipinski definition) is 1. The summed E-state index contributed by atoms with van der Waals surface area (Å²) >= 11 is 4.57. The van der Waals surface area contributed by atoms with E-state index in [9.17, 15) is 9.59 Å². The summed E-state index contributed by atoms with van der Waals surface area (Å²) in [7, 11) is 0. The Morgan fingerprint density at radius 2 is 2.28 bits per heavy atom. The third-order valence-corrected chi connectivity index (χ3v) is 7.92. The van der Waals surface area contributed by atoms with Gasteiger partial charge in [-0.15, -0.1) is 34.0 Å². The number of thiazole rings is 1. The number of nitrogens with zero attached hydrogens (tertiary/aromatic N) is 3. The Morgan fingerprint density at radius 1 is 1.38 bits per heavy atom. The fourth-order valence-corrected chi connectivity index (χ4v) is 6.51. The van der Waals surface area contributed by atoms with Gasteiger partial charge in [0.05, 0.1) is 17.4 Å². The second-order valence-corrected chi connectivity index (χ2v) is 10.2. The maximum Gasteiger partial charge on any atom is 0.263 e. The molecule has 0 fully saturated rings. The molecule has 0 saturated heterocycles. The number of nitrogens with one attached hydrogen (secondary N) is 1. The number of thiophene rings is 2. The molecule has 0 bridgehead atoms. The Morgan fingerprint density at radius 3 is 3.10 bits per heavy atom. The highest BCUT2D eigenvalue weighted by atomic mass is 32.1. The first-order valence-electron chi connectivity index (χ1n) is 9.37. The minimum Gasteiger partial charge on any atom is -0.300 e. The summed E-state index contributed by atoms with van der Waals surface area (Å²) < 4.78 is 1.37. The van der Waals surface area contributed by atoms with Crippen molar-refractivity contribution < 1.29 is 4.79 Å². The lowest BCUT2D eigenvalue weighted by Gasteiger charge is -2.15. The number of carbonyl (C=O) groups is 1. The van der Waals surface area contributed by atoms with E-state index in [0.717, 1.165) is 35.4 Å². The molecule has 4 aromatic rings. The molecule has 4 heterocycles. The molecule has 0 aliphatic heterocycles. The topological polar surface area (TPSA) is 76.9 Å². The van der Waals surface area contributed by atoms with E-state index < -0.39 is 0 Å². The molecule has 6 nitrogen and oxygen atoms in total. The van der Waals surface area contributed by atoms with E-state index in [4.69, 9.17) is 0 Å². The zero-order chi connectivity index (χ0) is 20.0. The van der Waals surface area contributed by atoms with Crippen LogP contribution in [0.5, 0.6) is 0 Å². The van der Waals surface area contributed by atoms with E-state index in [-0.39, 0.29) is 18.0 Å². The molecule has 0 aromatic carbocycles. The van der Waals surface area contributed by atoms with Crippen LogP contribution in [0.25, 0.3) is 20.7 Å². The average Bonchev–Trinajstić information content (AvgIpc) is 3.42. The van der Waals surface area contributed by atoms with E-state index in [1.54, 1.807) is 22.7 Å². The summed E-state index contributed by atoms with van der Waals surface area (Å²) in [6.07, 6.45) is 4.57. The van der Waals surface area contributed by atoms with Crippen LogP contribution in [0, 0.1) is 5.92 Å². The fourth-order valence-electron chi connectivity index (χ4n) is 3.60. The first-order chi connectivity index (χ1) is 14.1. The molecule has 1 aliphatic carbocycles. The van der Waals surface area contributed by atoms with Gasteiger partial charge in [0.25, 0.3) is 5.56 Å². The molecule has 1 aliphatic rings.